The Morgan fingerprint density at radius 2 is 2.21 bits per heavy atom. The van der Waals surface area contributed by atoms with Crippen LogP contribution in [-0.4, -0.2) is 36.2 Å². The zero-order valence-electron chi connectivity index (χ0n) is 8.00. The molecule has 0 aromatic heterocycles. The van der Waals surface area contributed by atoms with Gasteiger partial charge in [-0.3, -0.25) is 0 Å². The molecule has 3 rings (SSSR count). The summed E-state index contributed by atoms with van der Waals surface area (Å²) >= 11 is 0. The van der Waals surface area contributed by atoms with E-state index in [9.17, 15) is 0 Å². The Morgan fingerprint density at radius 3 is 3.21 bits per heavy atom. The monoisotopic (exact) mass is 194 g/mol. The normalized spacial score (nSPS) is 43.6. The Labute approximate surface area is 83.2 Å². The van der Waals surface area contributed by atoms with E-state index in [1.807, 2.05) is 0 Å². The maximum atomic E-state index is 5.84. The SMILES string of the molecule is C1=NOC2C1OC1CC/C=C\CCN12. The summed E-state index contributed by atoms with van der Waals surface area (Å²) in [5.74, 6) is 0. The summed E-state index contributed by atoms with van der Waals surface area (Å²) in [4.78, 5) is 7.57. The van der Waals surface area contributed by atoms with Crippen molar-refractivity contribution in [2.45, 2.75) is 37.8 Å². The molecule has 3 heterocycles. The van der Waals surface area contributed by atoms with Crippen LogP contribution in [0.25, 0.3) is 0 Å². The average Bonchev–Trinajstić information content (AvgIpc) is 2.67. The number of oxime groups is 1. The van der Waals surface area contributed by atoms with E-state index in [2.05, 4.69) is 22.2 Å². The first kappa shape index (κ1) is 8.44. The highest BCUT2D eigenvalue weighted by atomic mass is 16.7. The lowest BCUT2D eigenvalue weighted by atomic mass is 10.2. The highest BCUT2D eigenvalue weighted by Crippen LogP contribution is 2.30. The summed E-state index contributed by atoms with van der Waals surface area (Å²) in [7, 11) is 0. The molecule has 3 atom stereocenters. The van der Waals surface area contributed by atoms with E-state index in [4.69, 9.17) is 9.57 Å². The van der Waals surface area contributed by atoms with E-state index in [0.717, 1.165) is 25.8 Å². The summed E-state index contributed by atoms with van der Waals surface area (Å²) in [6, 6.07) is 0. The Bertz CT molecular complexity index is 277. The number of nitrogens with zero attached hydrogens (tertiary/aromatic N) is 2. The second-order valence-corrected chi connectivity index (χ2v) is 3.88. The second kappa shape index (κ2) is 3.37. The molecule has 76 valence electrons. The number of ether oxygens (including phenoxy) is 1. The van der Waals surface area contributed by atoms with Crippen LogP contribution in [0, 0.1) is 0 Å². The van der Waals surface area contributed by atoms with Gasteiger partial charge < -0.3 is 9.57 Å². The number of hydrogen-bond acceptors (Lipinski definition) is 4. The molecule has 0 amide bonds. The van der Waals surface area contributed by atoms with Gasteiger partial charge in [-0.05, 0) is 19.3 Å². The number of allylic oxidation sites excluding steroid dienone is 1. The predicted octanol–water partition coefficient (Wildman–Crippen LogP) is 1.10. The molecule has 0 spiro atoms. The average molecular weight is 194 g/mol. The highest BCUT2D eigenvalue weighted by Gasteiger charge is 2.45. The van der Waals surface area contributed by atoms with E-state index in [0.29, 0.717) is 0 Å². The molecule has 1 fully saturated rings. The van der Waals surface area contributed by atoms with Crippen LogP contribution in [0.4, 0.5) is 0 Å². The van der Waals surface area contributed by atoms with Gasteiger partial charge >= 0.3 is 0 Å². The molecular formula is C10H14N2O2. The molecule has 4 heteroatoms. The van der Waals surface area contributed by atoms with Gasteiger partial charge in [0.15, 0.2) is 6.10 Å². The molecule has 14 heavy (non-hydrogen) atoms. The van der Waals surface area contributed by atoms with Gasteiger partial charge in [-0.15, -0.1) is 0 Å². The van der Waals surface area contributed by atoms with Gasteiger partial charge in [0.1, 0.15) is 6.23 Å². The Balaban J connectivity index is 1.78. The largest absolute Gasteiger partial charge is 0.373 e. The molecule has 1 saturated heterocycles. The minimum absolute atomic E-state index is 0.0338. The molecule has 3 aliphatic rings. The van der Waals surface area contributed by atoms with Crippen molar-refractivity contribution < 1.29 is 9.57 Å². The van der Waals surface area contributed by atoms with E-state index >= 15 is 0 Å². The zero-order chi connectivity index (χ0) is 9.38. The summed E-state index contributed by atoms with van der Waals surface area (Å²) in [5, 5.41) is 3.80. The van der Waals surface area contributed by atoms with E-state index in [1.165, 1.54) is 0 Å². The van der Waals surface area contributed by atoms with Crippen molar-refractivity contribution in [2.75, 3.05) is 6.54 Å². The van der Waals surface area contributed by atoms with Crippen molar-refractivity contribution in [3.8, 4) is 0 Å². The lowest BCUT2D eigenvalue weighted by Crippen LogP contribution is -2.39. The van der Waals surface area contributed by atoms with Gasteiger partial charge in [-0.1, -0.05) is 17.3 Å². The number of rotatable bonds is 0. The smallest absolute Gasteiger partial charge is 0.214 e. The molecule has 0 saturated carbocycles. The predicted molar refractivity (Wildman–Crippen MR) is 51.7 cm³/mol. The third-order valence-corrected chi connectivity index (χ3v) is 2.97. The fraction of sp³-hybridized carbons (Fsp3) is 0.700. The lowest BCUT2D eigenvalue weighted by molar-refractivity contribution is -0.0407. The minimum atomic E-state index is 0.0338. The second-order valence-electron chi connectivity index (χ2n) is 3.88. The Morgan fingerprint density at radius 1 is 1.29 bits per heavy atom. The van der Waals surface area contributed by atoms with Crippen LogP contribution in [0.5, 0.6) is 0 Å². The fourth-order valence-electron chi connectivity index (χ4n) is 2.27. The molecule has 0 N–H and O–H groups in total. The molecule has 0 aromatic carbocycles. The summed E-state index contributed by atoms with van der Waals surface area (Å²) in [6.07, 6.45) is 9.78. The van der Waals surface area contributed by atoms with Crippen molar-refractivity contribution in [1.82, 2.24) is 4.90 Å². The molecule has 4 nitrogen and oxygen atoms in total. The van der Waals surface area contributed by atoms with E-state index < -0.39 is 0 Å². The molecule has 0 bridgehead atoms. The number of hydrogen-bond donors (Lipinski definition) is 0. The van der Waals surface area contributed by atoms with Crippen molar-refractivity contribution in [3.05, 3.63) is 12.2 Å². The van der Waals surface area contributed by atoms with Crippen LogP contribution in [0.2, 0.25) is 0 Å². The van der Waals surface area contributed by atoms with Gasteiger partial charge in [0, 0.05) is 6.54 Å². The first-order valence-corrected chi connectivity index (χ1v) is 5.21. The van der Waals surface area contributed by atoms with Gasteiger partial charge in [-0.2, -0.15) is 0 Å². The highest BCUT2D eigenvalue weighted by molar-refractivity contribution is 5.65. The first-order chi connectivity index (χ1) is 6.95. The van der Waals surface area contributed by atoms with E-state index in [1.54, 1.807) is 6.21 Å². The van der Waals surface area contributed by atoms with Gasteiger partial charge in [0.25, 0.3) is 0 Å². The third kappa shape index (κ3) is 1.26. The van der Waals surface area contributed by atoms with Crippen LogP contribution in [0.3, 0.4) is 0 Å². The summed E-state index contributed by atoms with van der Waals surface area (Å²) in [6.45, 7) is 1.01. The van der Waals surface area contributed by atoms with Crippen LogP contribution < -0.4 is 0 Å². The van der Waals surface area contributed by atoms with Gasteiger partial charge in [0.2, 0.25) is 6.23 Å². The van der Waals surface area contributed by atoms with Crippen molar-refractivity contribution >= 4 is 6.21 Å². The minimum Gasteiger partial charge on any atom is -0.373 e. The van der Waals surface area contributed by atoms with Crippen molar-refractivity contribution in [1.29, 1.82) is 0 Å². The first-order valence-electron chi connectivity index (χ1n) is 5.21. The van der Waals surface area contributed by atoms with Gasteiger partial charge in [0.05, 0.1) is 6.21 Å². The van der Waals surface area contributed by atoms with Crippen molar-refractivity contribution in [3.63, 3.8) is 0 Å². The number of fused-ring (bicyclic) bond motifs is 3. The van der Waals surface area contributed by atoms with Crippen molar-refractivity contribution in [2.24, 2.45) is 5.16 Å². The van der Waals surface area contributed by atoms with Crippen LogP contribution in [0.15, 0.2) is 17.3 Å². The zero-order valence-corrected chi connectivity index (χ0v) is 8.00. The van der Waals surface area contributed by atoms with E-state index in [-0.39, 0.29) is 18.6 Å². The maximum absolute atomic E-state index is 5.84. The fourth-order valence-corrected chi connectivity index (χ4v) is 2.27. The molecule has 3 aliphatic heterocycles. The lowest BCUT2D eigenvalue weighted by Gasteiger charge is -2.26. The van der Waals surface area contributed by atoms with Crippen LogP contribution in [-0.2, 0) is 9.57 Å². The molecule has 0 aromatic rings. The molecule has 0 aliphatic carbocycles. The van der Waals surface area contributed by atoms with Gasteiger partial charge in [-0.25, -0.2) is 4.90 Å². The Hall–Kier alpha value is -0.870. The molecule has 3 unspecified atom stereocenters. The summed E-state index contributed by atoms with van der Waals surface area (Å²) < 4.78 is 5.84. The summed E-state index contributed by atoms with van der Waals surface area (Å²) in [5.41, 5.74) is 0. The Kier molecular flexibility index (Phi) is 2.03. The maximum Gasteiger partial charge on any atom is 0.214 e. The van der Waals surface area contributed by atoms with Crippen LogP contribution >= 0.6 is 0 Å². The standard InChI is InChI=1S/C10H14N2O2/c1-2-4-6-12-9(5-3-1)13-8-7-11-14-10(8)12/h1-2,7-10H,3-6H2/b2-1-. The quantitative estimate of drug-likeness (QED) is 0.541. The van der Waals surface area contributed by atoms with Crippen LogP contribution in [0.1, 0.15) is 19.3 Å². The third-order valence-electron chi connectivity index (χ3n) is 2.97. The molecule has 0 radical (unpaired) electrons. The topological polar surface area (TPSA) is 34.1 Å². The molecular weight excluding hydrogens is 180 g/mol.